The molecule has 3 nitrogen and oxygen atoms in total. The standard InChI is InChI=1S/C15H17Br2NO2/c16-11-3-5-13(14(17)9-11)15-6-4-12(20-15)10-18-7-1-2-8-19/h3-6,9,18-19H,1-2,7-8,10H2. The fraction of sp³-hybridized carbons (Fsp3) is 0.333. The Labute approximate surface area is 135 Å². The van der Waals surface area contributed by atoms with E-state index in [4.69, 9.17) is 9.52 Å². The van der Waals surface area contributed by atoms with Crippen molar-refractivity contribution in [2.24, 2.45) is 0 Å². The van der Waals surface area contributed by atoms with Gasteiger partial charge in [-0.25, -0.2) is 0 Å². The van der Waals surface area contributed by atoms with Crippen molar-refractivity contribution in [3.63, 3.8) is 0 Å². The van der Waals surface area contributed by atoms with Crippen LogP contribution in [0.4, 0.5) is 0 Å². The first kappa shape index (κ1) is 15.8. The van der Waals surface area contributed by atoms with Crippen LogP contribution < -0.4 is 5.32 Å². The highest BCUT2D eigenvalue weighted by Crippen LogP contribution is 2.31. The van der Waals surface area contributed by atoms with E-state index in [2.05, 4.69) is 37.2 Å². The molecule has 0 saturated heterocycles. The topological polar surface area (TPSA) is 45.4 Å². The van der Waals surface area contributed by atoms with Crippen molar-refractivity contribution >= 4 is 31.9 Å². The highest BCUT2D eigenvalue weighted by molar-refractivity contribution is 9.11. The van der Waals surface area contributed by atoms with E-state index in [0.717, 1.165) is 45.4 Å². The zero-order chi connectivity index (χ0) is 14.4. The first-order valence-electron chi connectivity index (χ1n) is 6.56. The SMILES string of the molecule is OCCCCNCc1ccc(-c2ccc(Br)cc2Br)o1. The number of hydrogen-bond donors (Lipinski definition) is 2. The Morgan fingerprint density at radius 3 is 2.70 bits per heavy atom. The van der Waals surface area contributed by atoms with Crippen molar-refractivity contribution in [1.29, 1.82) is 0 Å². The van der Waals surface area contributed by atoms with Crippen molar-refractivity contribution < 1.29 is 9.52 Å². The van der Waals surface area contributed by atoms with Gasteiger partial charge in [0, 0.05) is 21.1 Å². The molecule has 0 fully saturated rings. The Morgan fingerprint density at radius 1 is 1.10 bits per heavy atom. The van der Waals surface area contributed by atoms with Gasteiger partial charge in [0.2, 0.25) is 0 Å². The summed E-state index contributed by atoms with van der Waals surface area (Å²) in [7, 11) is 0. The number of aliphatic hydroxyl groups is 1. The second-order valence-corrected chi connectivity index (χ2v) is 6.27. The third kappa shape index (κ3) is 4.45. The van der Waals surface area contributed by atoms with Crippen LogP contribution in [0.2, 0.25) is 0 Å². The van der Waals surface area contributed by atoms with Crippen LogP contribution in [0.25, 0.3) is 11.3 Å². The maximum Gasteiger partial charge on any atom is 0.135 e. The number of aliphatic hydroxyl groups excluding tert-OH is 1. The summed E-state index contributed by atoms with van der Waals surface area (Å²) in [5, 5.41) is 12.0. The van der Waals surface area contributed by atoms with Gasteiger partial charge >= 0.3 is 0 Å². The molecule has 0 aliphatic carbocycles. The molecular formula is C15H17Br2NO2. The van der Waals surface area contributed by atoms with Crippen LogP contribution in [-0.4, -0.2) is 18.3 Å². The van der Waals surface area contributed by atoms with E-state index < -0.39 is 0 Å². The molecule has 0 saturated carbocycles. The van der Waals surface area contributed by atoms with Crippen molar-refractivity contribution in [3.05, 3.63) is 45.0 Å². The summed E-state index contributed by atoms with van der Waals surface area (Å²) in [5.41, 5.74) is 1.04. The predicted octanol–water partition coefficient (Wildman–Crippen LogP) is 4.33. The monoisotopic (exact) mass is 401 g/mol. The van der Waals surface area contributed by atoms with Crippen molar-refractivity contribution in [2.45, 2.75) is 19.4 Å². The quantitative estimate of drug-likeness (QED) is 0.677. The molecule has 0 amide bonds. The lowest BCUT2D eigenvalue weighted by Crippen LogP contribution is -2.14. The zero-order valence-electron chi connectivity index (χ0n) is 11.0. The summed E-state index contributed by atoms with van der Waals surface area (Å²) < 4.78 is 7.88. The number of halogens is 2. The molecule has 0 aliphatic heterocycles. The van der Waals surface area contributed by atoms with Crippen LogP contribution in [0.1, 0.15) is 18.6 Å². The third-order valence-corrected chi connectivity index (χ3v) is 4.07. The lowest BCUT2D eigenvalue weighted by atomic mass is 10.2. The molecular weight excluding hydrogens is 386 g/mol. The van der Waals surface area contributed by atoms with Gasteiger partial charge in [-0.3, -0.25) is 0 Å². The van der Waals surface area contributed by atoms with Gasteiger partial charge in [0.15, 0.2) is 0 Å². The largest absolute Gasteiger partial charge is 0.460 e. The Kier molecular flexibility index (Phi) is 6.29. The molecule has 1 aromatic carbocycles. The average Bonchev–Trinajstić information content (AvgIpc) is 2.87. The van der Waals surface area contributed by atoms with Crippen LogP contribution in [0, 0.1) is 0 Å². The zero-order valence-corrected chi connectivity index (χ0v) is 14.2. The van der Waals surface area contributed by atoms with Gasteiger partial charge in [0.1, 0.15) is 11.5 Å². The predicted molar refractivity (Wildman–Crippen MR) is 87.6 cm³/mol. The van der Waals surface area contributed by atoms with Crippen LogP contribution >= 0.6 is 31.9 Å². The number of rotatable bonds is 7. The maximum absolute atomic E-state index is 8.70. The highest BCUT2D eigenvalue weighted by Gasteiger charge is 2.08. The second-order valence-electron chi connectivity index (χ2n) is 4.50. The summed E-state index contributed by atoms with van der Waals surface area (Å²) in [6.45, 7) is 1.85. The molecule has 0 spiro atoms. The van der Waals surface area contributed by atoms with E-state index in [1.54, 1.807) is 0 Å². The number of benzene rings is 1. The fourth-order valence-corrected chi connectivity index (χ4v) is 3.12. The Balaban J connectivity index is 1.95. The molecule has 0 unspecified atom stereocenters. The molecule has 2 N–H and O–H groups in total. The lowest BCUT2D eigenvalue weighted by Gasteiger charge is -2.03. The highest BCUT2D eigenvalue weighted by atomic mass is 79.9. The van der Waals surface area contributed by atoms with Gasteiger partial charge in [-0.1, -0.05) is 15.9 Å². The Morgan fingerprint density at radius 2 is 1.95 bits per heavy atom. The summed E-state index contributed by atoms with van der Waals surface area (Å²) in [5.74, 6) is 1.77. The minimum atomic E-state index is 0.254. The number of furan rings is 1. The van der Waals surface area contributed by atoms with E-state index in [9.17, 15) is 0 Å². The molecule has 0 atom stereocenters. The molecule has 108 valence electrons. The molecule has 0 radical (unpaired) electrons. The van der Waals surface area contributed by atoms with Gasteiger partial charge in [-0.2, -0.15) is 0 Å². The lowest BCUT2D eigenvalue weighted by molar-refractivity contribution is 0.283. The van der Waals surface area contributed by atoms with E-state index in [-0.39, 0.29) is 6.61 Å². The second kappa shape index (κ2) is 7.98. The van der Waals surface area contributed by atoms with Gasteiger partial charge in [0.25, 0.3) is 0 Å². The average molecular weight is 403 g/mol. The van der Waals surface area contributed by atoms with Crippen molar-refractivity contribution in [2.75, 3.05) is 13.2 Å². The van der Waals surface area contributed by atoms with Crippen molar-refractivity contribution in [1.82, 2.24) is 5.32 Å². The van der Waals surface area contributed by atoms with Crippen LogP contribution in [0.5, 0.6) is 0 Å². The number of nitrogens with one attached hydrogen (secondary N) is 1. The van der Waals surface area contributed by atoms with Crippen LogP contribution in [-0.2, 0) is 6.54 Å². The third-order valence-electron chi connectivity index (χ3n) is 2.92. The Bertz CT molecular complexity index is 555. The minimum absolute atomic E-state index is 0.254. The van der Waals surface area contributed by atoms with E-state index in [1.807, 2.05) is 30.3 Å². The molecule has 5 heteroatoms. The first-order valence-corrected chi connectivity index (χ1v) is 8.15. The molecule has 0 bridgehead atoms. The molecule has 1 heterocycles. The maximum atomic E-state index is 8.70. The van der Waals surface area contributed by atoms with Gasteiger partial charge < -0.3 is 14.8 Å². The summed E-state index contributed by atoms with van der Waals surface area (Å²) in [6, 6.07) is 9.99. The van der Waals surface area contributed by atoms with E-state index in [1.165, 1.54) is 0 Å². The van der Waals surface area contributed by atoms with Crippen LogP contribution in [0.15, 0.2) is 43.7 Å². The first-order chi connectivity index (χ1) is 9.70. The molecule has 2 aromatic rings. The summed E-state index contributed by atoms with van der Waals surface area (Å²) in [6.07, 6.45) is 1.81. The molecule has 20 heavy (non-hydrogen) atoms. The van der Waals surface area contributed by atoms with Gasteiger partial charge in [-0.05, 0) is 65.6 Å². The molecule has 0 aliphatic rings. The van der Waals surface area contributed by atoms with Gasteiger partial charge in [0.05, 0.1) is 6.54 Å². The van der Waals surface area contributed by atoms with Gasteiger partial charge in [-0.15, -0.1) is 0 Å². The normalized spacial score (nSPS) is 10.9. The molecule has 2 rings (SSSR count). The summed E-state index contributed by atoms with van der Waals surface area (Å²) in [4.78, 5) is 0. The Hall–Kier alpha value is -0.620. The fourth-order valence-electron chi connectivity index (χ4n) is 1.88. The van der Waals surface area contributed by atoms with E-state index >= 15 is 0 Å². The number of hydrogen-bond acceptors (Lipinski definition) is 3. The molecule has 1 aromatic heterocycles. The van der Waals surface area contributed by atoms with E-state index in [0.29, 0.717) is 6.54 Å². The van der Waals surface area contributed by atoms with Crippen LogP contribution in [0.3, 0.4) is 0 Å². The smallest absolute Gasteiger partial charge is 0.135 e. The summed E-state index contributed by atoms with van der Waals surface area (Å²) >= 11 is 6.99. The number of unbranched alkanes of at least 4 members (excludes halogenated alkanes) is 1. The minimum Gasteiger partial charge on any atom is -0.460 e. The van der Waals surface area contributed by atoms with Crippen molar-refractivity contribution in [3.8, 4) is 11.3 Å².